The van der Waals surface area contributed by atoms with E-state index in [1.54, 1.807) is 21.3 Å². The fourth-order valence-electron chi connectivity index (χ4n) is 2.08. The molecule has 0 saturated carbocycles. The molecule has 0 fully saturated rings. The van der Waals surface area contributed by atoms with E-state index in [0.717, 1.165) is 6.16 Å². The molecule has 0 aliphatic heterocycles. The van der Waals surface area contributed by atoms with Gasteiger partial charge < -0.3 is 14.2 Å². The predicted molar refractivity (Wildman–Crippen MR) is 85.6 cm³/mol. The van der Waals surface area contributed by atoms with Crippen molar-refractivity contribution in [1.82, 2.24) is 0 Å². The molecular weight excluding hydrogens is 271 g/mol. The number of ether oxygens (including phenoxy) is 3. The Balaban J connectivity index is 2.19. The van der Waals surface area contributed by atoms with Crippen LogP contribution in [0.3, 0.4) is 0 Å². The molecule has 4 heteroatoms. The molecule has 2 rings (SSSR count). The van der Waals surface area contributed by atoms with Crippen LogP contribution in [0, 0.1) is 0 Å². The predicted octanol–water partition coefficient (Wildman–Crippen LogP) is 2.95. The van der Waals surface area contributed by atoms with Gasteiger partial charge in [-0.15, -0.1) is 0 Å². The molecule has 0 aliphatic carbocycles. The van der Waals surface area contributed by atoms with E-state index in [0.29, 0.717) is 17.2 Å². The van der Waals surface area contributed by atoms with Crippen molar-refractivity contribution in [3.8, 4) is 17.2 Å². The zero-order valence-electron chi connectivity index (χ0n) is 12.1. The Bertz CT molecular complexity index is 530. The van der Waals surface area contributed by atoms with E-state index in [2.05, 4.69) is 24.3 Å². The van der Waals surface area contributed by atoms with E-state index in [4.69, 9.17) is 14.2 Å². The second-order valence-electron chi connectivity index (χ2n) is 4.35. The molecule has 2 aromatic carbocycles. The number of hydrogen-bond acceptors (Lipinski definition) is 3. The van der Waals surface area contributed by atoms with Crippen LogP contribution in [0.5, 0.6) is 17.2 Å². The van der Waals surface area contributed by atoms with Crippen LogP contribution in [0.1, 0.15) is 5.56 Å². The van der Waals surface area contributed by atoms with Crippen LogP contribution in [0.15, 0.2) is 42.5 Å². The van der Waals surface area contributed by atoms with Crippen molar-refractivity contribution in [1.29, 1.82) is 0 Å². The van der Waals surface area contributed by atoms with Crippen molar-refractivity contribution in [3.63, 3.8) is 0 Å². The Morgan fingerprint density at radius 3 is 1.95 bits per heavy atom. The van der Waals surface area contributed by atoms with Gasteiger partial charge in [0.2, 0.25) is 5.75 Å². The van der Waals surface area contributed by atoms with Crippen LogP contribution in [0.25, 0.3) is 0 Å². The first-order valence-electron chi connectivity index (χ1n) is 6.45. The average molecular weight is 291 g/mol. The van der Waals surface area contributed by atoms with E-state index in [-0.39, 0.29) is 8.58 Å². The molecule has 0 amide bonds. The molecule has 0 bridgehead atoms. The van der Waals surface area contributed by atoms with Crippen LogP contribution in [0.2, 0.25) is 0 Å². The van der Waals surface area contributed by atoms with Gasteiger partial charge in [0.1, 0.15) is 0 Å². The molecule has 0 radical (unpaired) electrons. The summed E-state index contributed by atoms with van der Waals surface area (Å²) in [5.41, 5.74) is 1.21. The molecule has 20 heavy (non-hydrogen) atoms. The summed E-state index contributed by atoms with van der Waals surface area (Å²) in [6, 6.07) is 14.6. The van der Waals surface area contributed by atoms with E-state index in [1.807, 2.05) is 18.2 Å². The molecule has 2 aromatic rings. The second kappa shape index (κ2) is 7.16. The number of methoxy groups -OCH3 is 3. The van der Waals surface area contributed by atoms with E-state index in [9.17, 15) is 0 Å². The van der Waals surface area contributed by atoms with Crippen LogP contribution >= 0.6 is 8.58 Å². The van der Waals surface area contributed by atoms with Crippen molar-refractivity contribution in [2.24, 2.45) is 0 Å². The summed E-state index contributed by atoms with van der Waals surface area (Å²) in [4.78, 5) is 0. The summed E-state index contributed by atoms with van der Waals surface area (Å²) in [5, 5.41) is 1.40. The molecule has 0 spiro atoms. The number of hydrogen-bond donors (Lipinski definition) is 0. The Labute approximate surface area is 121 Å². The Morgan fingerprint density at radius 2 is 1.45 bits per heavy atom. The van der Waals surface area contributed by atoms with Gasteiger partial charge in [0, 0.05) is 8.58 Å². The van der Waals surface area contributed by atoms with Gasteiger partial charge in [0.15, 0.2) is 11.5 Å². The zero-order valence-corrected chi connectivity index (χ0v) is 13.2. The van der Waals surface area contributed by atoms with Crippen molar-refractivity contribution in [2.75, 3.05) is 21.3 Å². The van der Waals surface area contributed by atoms with Crippen molar-refractivity contribution < 1.29 is 14.2 Å². The van der Waals surface area contributed by atoms with Gasteiger partial charge >= 0.3 is 0 Å². The topological polar surface area (TPSA) is 27.7 Å². The van der Waals surface area contributed by atoms with Crippen LogP contribution in [-0.2, 0) is 6.16 Å². The molecule has 0 aromatic heterocycles. The summed E-state index contributed by atoms with van der Waals surface area (Å²) >= 11 is 0. The zero-order chi connectivity index (χ0) is 14.4. The maximum atomic E-state index is 5.38. The van der Waals surface area contributed by atoms with Gasteiger partial charge in [-0.25, -0.2) is 0 Å². The van der Waals surface area contributed by atoms with Gasteiger partial charge in [-0.2, -0.15) is 0 Å². The lowest BCUT2D eigenvalue weighted by Gasteiger charge is -2.13. The third-order valence-corrected chi connectivity index (χ3v) is 4.63. The van der Waals surface area contributed by atoms with Crippen molar-refractivity contribution in [3.05, 3.63) is 48.0 Å². The third-order valence-electron chi connectivity index (χ3n) is 3.10. The first-order chi connectivity index (χ1) is 9.78. The van der Waals surface area contributed by atoms with Gasteiger partial charge in [-0.05, 0) is 29.8 Å². The smallest absolute Gasteiger partial charge is 0.203 e. The largest absolute Gasteiger partial charge is 0.493 e. The standard InChI is InChI=1S/C16H19O3P/c1-17-14-9-12(10-15(18-2)16(14)19-3)11-20-13-7-5-4-6-8-13/h4-10,20H,11H2,1-3H3/p+1. The lowest BCUT2D eigenvalue weighted by molar-refractivity contribution is 0.324. The summed E-state index contributed by atoms with van der Waals surface area (Å²) in [7, 11) is 5.11. The minimum absolute atomic E-state index is 0.198. The van der Waals surface area contributed by atoms with Crippen molar-refractivity contribution in [2.45, 2.75) is 6.16 Å². The minimum Gasteiger partial charge on any atom is -0.493 e. The highest BCUT2D eigenvalue weighted by Gasteiger charge is 2.14. The Kier molecular flexibility index (Phi) is 5.25. The Morgan fingerprint density at radius 1 is 0.850 bits per heavy atom. The molecule has 0 aliphatic rings. The fraction of sp³-hybridized carbons (Fsp3) is 0.250. The summed E-state index contributed by atoms with van der Waals surface area (Å²) < 4.78 is 16.1. The molecular formula is C16H20O3P+. The number of benzene rings is 2. The molecule has 0 N–H and O–H groups in total. The van der Waals surface area contributed by atoms with Gasteiger partial charge in [-0.1, -0.05) is 18.2 Å². The maximum absolute atomic E-state index is 5.38. The van der Waals surface area contributed by atoms with Gasteiger partial charge in [0.25, 0.3) is 0 Å². The minimum atomic E-state index is 0.198. The van der Waals surface area contributed by atoms with Crippen LogP contribution < -0.4 is 19.5 Å². The molecule has 106 valence electrons. The summed E-state index contributed by atoms with van der Waals surface area (Å²) in [6.07, 6.45) is 1.01. The van der Waals surface area contributed by atoms with E-state index >= 15 is 0 Å². The lowest BCUT2D eigenvalue weighted by atomic mass is 10.2. The lowest BCUT2D eigenvalue weighted by Crippen LogP contribution is -1.97. The van der Waals surface area contributed by atoms with E-state index < -0.39 is 0 Å². The number of rotatable bonds is 6. The molecule has 0 heterocycles. The molecule has 0 saturated heterocycles. The molecule has 3 nitrogen and oxygen atoms in total. The summed E-state index contributed by atoms with van der Waals surface area (Å²) in [5.74, 6) is 2.08. The first kappa shape index (κ1) is 14.7. The normalized spacial score (nSPS) is 10.8. The Hall–Kier alpha value is -1.73. The first-order valence-corrected chi connectivity index (χ1v) is 7.85. The molecule has 1 atom stereocenters. The third kappa shape index (κ3) is 3.43. The van der Waals surface area contributed by atoms with E-state index in [1.165, 1.54) is 10.9 Å². The quantitative estimate of drug-likeness (QED) is 0.766. The van der Waals surface area contributed by atoms with Crippen molar-refractivity contribution >= 4 is 13.9 Å². The highest BCUT2D eigenvalue weighted by atomic mass is 31.1. The monoisotopic (exact) mass is 291 g/mol. The fourth-order valence-corrected chi connectivity index (χ4v) is 3.28. The van der Waals surface area contributed by atoms with Gasteiger partial charge in [0.05, 0.1) is 32.8 Å². The average Bonchev–Trinajstić information content (AvgIpc) is 2.52. The maximum Gasteiger partial charge on any atom is 0.203 e. The highest BCUT2D eigenvalue weighted by molar-refractivity contribution is 7.46. The second-order valence-corrected chi connectivity index (χ2v) is 5.84. The van der Waals surface area contributed by atoms with Crippen LogP contribution in [0.4, 0.5) is 0 Å². The van der Waals surface area contributed by atoms with Crippen LogP contribution in [-0.4, -0.2) is 21.3 Å². The van der Waals surface area contributed by atoms with Gasteiger partial charge in [-0.3, -0.25) is 0 Å². The SMILES string of the molecule is COc1cc(C[PH2+]c2ccccc2)cc(OC)c1OC. The highest BCUT2D eigenvalue weighted by Crippen LogP contribution is 2.39. The summed E-state index contributed by atoms with van der Waals surface area (Å²) in [6.45, 7) is 0. The molecule has 1 unspecified atom stereocenters.